The Morgan fingerprint density at radius 1 is 0.743 bits per heavy atom. The van der Waals surface area contributed by atoms with Gasteiger partial charge in [0.1, 0.15) is 17.3 Å². The largest absolute Gasteiger partial charge is 0.458 e. The van der Waals surface area contributed by atoms with E-state index in [0.29, 0.717) is 0 Å². The summed E-state index contributed by atoms with van der Waals surface area (Å²) in [6, 6.07) is 29.1. The Morgan fingerprint density at radius 2 is 1.14 bits per heavy atom. The van der Waals surface area contributed by atoms with E-state index in [2.05, 4.69) is 0 Å². The van der Waals surface area contributed by atoms with Gasteiger partial charge in [-0.1, -0.05) is 91.0 Å². The van der Waals surface area contributed by atoms with Crippen molar-refractivity contribution < 1.29 is 29.3 Å². The molecule has 0 aromatic heterocycles. The highest BCUT2D eigenvalue weighted by Gasteiger charge is 2.38. The van der Waals surface area contributed by atoms with E-state index in [0.717, 1.165) is 16.7 Å². The van der Waals surface area contributed by atoms with Gasteiger partial charge in [0.05, 0.1) is 6.61 Å². The number of rotatable bonds is 10. The first-order chi connectivity index (χ1) is 16.6. The fraction of sp³-hybridized carbons (Fsp3) is 0.310. The predicted molar refractivity (Wildman–Crippen MR) is 133 cm³/mol. The molecule has 0 aliphatic carbocycles. The van der Waals surface area contributed by atoms with Crippen molar-refractivity contribution in [2.24, 2.45) is 0 Å². The van der Waals surface area contributed by atoms with Crippen LogP contribution in [-0.2, 0) is 24.7 Å². The first kappa shape index (κ1) is 26.3. The highest BCUT2D eigenvalue weighted by atomic mass is 16.6. The Bertz CT molecular complexity index is 994. The van der Waals surface area contributed by atoms with Gasteiger partial charge in [-0.05, 0) is 37.5 Å². The molecule has 184 valence electrons. The van der Waals surface area contributed by atoms with Gasteiger partial charge in [0.15, 0.2) is 0 Å². The molecule has 0 heterocycles. The summed E-state index contributed by atoms with van der Waals surface area (Å²) in [6.45, 7) is 4.86. The van der Waals surface area contributed by atoms with E-state index in [1.54, 1.807) is 20.8 Å². The third-order valence-electron chi connectivity index (χ3n) is 5.48. The van der Waals surface area contributed by atoms with Crippen LogP contribution < -0.4 is 0 Å². The van der Waals surface area contributed by atoms with Gasteiger partial charge in [0.25, 0.3) is 0 Å². The van der Waals surface area contributed by atoms with Crippen LogP contribution in [0.25, 0.3) is 0 Å². The normalized spacial score (nSPS) is 13.6. The molecule has 0 saturated carbocycles. The van der Waals surface area contributed by atoms with Crippen molar-refractivity contribution in [1.82, 2.24) is 0 Å². The van der Waals surface area contributed by atoms with Crippen LogP contribution in [0.5, 0.6) is 0 Å². The van der Waals surface area contributed by atoms with Gasteiger partial charge in [-0.2, -0.15) is 0 Å². The Labute approximate surface area is 206 Å². The predicted octanol–water partition coefficient (Wildman–Crippen LogP) is 4.02. The summed E-state index contributed by atoms with van der Waals surface area (Å²) < 4.78 is 11.6. The van der Waals surface area contributed by atoms with Crippen LogP contribution in [0.1, 0.15) is 43.9 Å². The number of aliphatic hydroxyl groups is 2. The van der Waals surface area contributed by atoms with Gasteiger partial charge >= 0.3 is 5.97 Å². The molecule has 3 rings (SSSR count). The maximum atomic E-state index is 12.5. The molecule has 2 N–H and O–H groups in total. The van der Waals surface area contributed by atoms with E-state index in [9.17, 15) is 19.8 Å². The fourth-order valence-electron chi connectivity index (χ4n) is 3.89. The van der Waals surface area contributed by atoms with Crippen molar-refractivity contribution in [2.45, 2.75) is 50.6 Å². The Morgan fingerprint density at radius 3 is 1.51 bits per heavy atom. The number of hydrogen-bond donors (Lipinski definition) is 2. The first-order valence-electron chi connectivity index (χ1n) is 11.6. The summed E-state index contributed by atoms with van der Waals surface area (Å²) in [5, 5.41) is 20.5. The molecule has 0 spiro atoms. The number of ketones is 1. The van der Waals surface area contributed by atoms with Crippen molar-refractivity contribution in [3.8, 4) is 0 Å². The topological polar surface area (TPSA) is 93.1 Å². The summed E-state index contributed by atoms with van der Waals surface area (Å²) in [7, 11) is 0. The number of ether oxygens (including phenoxy) is 2. The number of esters is 1. The second-order valence-electron chi connectivity index (χ2n) is 9.27. The van der Waals surface area contributed by atoms with Gasteiger partial charge in [-0.15, -0.1) is 0 Å². The van der Waals surface area contributed by atoms with Gasteiger partial charge in [-0.3, -0.25) is 4.79 Å². The van der Waals surface area contributed by atoms with Crippen molar-refractivity contribution in [2.75, 3.05) is 6.61 Å². The fourth-order valence-corrected chi connectivity index (χ4v) is 3.89. The number of Topliss-reactive ketones (excluding diaryl/α,β-unsaturated/α-hetero) is 1. The summed E-state index contributed by atoms with van der Waals surface area (Å²) in [4.78, 5) is 24.5. The van der Waals surface area contributed by atoms with E-state index < -0.39 is 35.2 Å². The smallest absolute Gasteiger partial charge is 0.343 e. The maximum absolute atomic E-state index is 12.5. The van der Waals surface area contributed by atoms with Crippen molar-refractivity contribution in [3.63, 3.8) is 0 Å². The average Bonchev–Trinajstić information content (AvgIpc) is 2.86. The SMILES string of the molecule is CC(C)(C)OC(=O)C(O)C(=O)C(O)CCOC(c1ccccc1)(c1ccccc1)c1ccccc1. The molecular weight excluding hydrogens is 444 g/mol. The minimum atomic E-state index is -2.06. The molecular formula is C29H32O6. The lowest BCUT2D eigenvalue weighted by Crippen LogP contribution is -2.42. The molecule has 0 aliphatic heterocycles. The van der Waals surface area contributed by atoms with Crippen LogP contribution in [0.2, 0.25) is 0 Å². The van der Waals surface area contributed by atoms with Crippen molar-refractivity contribution >= 4 is 11.8 Å². The standard InChI is InChI=1S/C29H32O6/c1-28(2,3)35-27(33)26(32)25(31)24(30)19-20-34-29(21-13-7-4-8-14-21,22-15-9-5-10-16-22)23-17-11-6-12-18-23/h4-18,24,26,30,32H,19-20H2,1-3H3. The minimum Gasteiger partial charge on any atom is -0.458 e. The van der Waals surface area contributed by atoms with E-state index in [4.69, 9.17) is 9.47 Å². The van der Waals surface area contributed by atoms with Crippen LogP contribution in [-0.4, -0.2) is 46.4 Å². The lowest BCUT2D eigenvalue weighted by atomic mass is 9.80. The van der Waals surface area contributed by atoms with Crippen LogP contribution in [0.15, 0.2) is 91.0 Å². The Kier molecular flexibility index (Phi) is 8.57. The molecule has 3 aromatic rings. The van der Waals surface area contributed by atoms with E-state index >= 15 is 0 Å². The molecule has 0 amide bonds. The van der Waals surface area contributed by atoms with Crippen LogP contribution >= 0.6 is 0 Å². The molecule has 0 radical (unpaired) electrons. The van der Waals surface area contributed by atoms with E-state index in [1.165, 1.54) is 0 Å². The number of carbonyl (C=O) groups is 2. The molecule has 6 heteroatoms. The van der Waals surface area contributed by atoms with E-state index in [-0.39, 0.29) is 13.0 Å². The van der Waals surface area contributed by atoms with Crippen LogP contribution in [0, 0.1) is 0 Å². The van der Waals surface area contributed by atoms with Gasteiger partial charge in [0.2, 0.25) is 11.9 Å². The van der Waals surface area contributed by atoms with Gasteiger partial charge in [-0.25, -0.2) is 4.79 Å². The van der Waals surface area contributed by atoms with Crippen molar-refractivity contribution in [1.29, 1.82) is 0 Å². The summed E-state index contributed by atoms with van der Waals surface area (Å²) in [6.07, 6.45) is -3.78. The lowest BCUT2D eigenvalue weighted by molar-refractivity contribution is -0.169. The van der Waals surface area contributed by atoms with Gasteiger partial charge < -0.3 is 19.7 Å². The number of hydrogen-bond acceptors (Lipinski definition) is 6. The average molecular weight is 477 g/mol. The van der Waals surface area contributed by atoms with E-state index in [1.807, 2.05) is 91.0 Å². The summed E-state index contributed by atoms with van der Waals surface area (Å²) >= 11 is 0. The highest BCUT2D eigenvalue weighted by Crippen LogP contribution is 2.40. The maximum Gasteiger partial charge on any atom is 0.343 e. The third-order valence-corrected chi connectivity index (χ3v) is 5.48. The molecule has 0 fully saturated rings. The zero-order valence-electron chi connectivity index (χ0n) is 20.3. The third kappa shape index (κ3) is 6.42. The molecule has 35 heavy (non-hydrogen) atoms. The summed E-state index contributed by atoms with van der Waals surface area (Å²) in [5.74, 6) is -2.11. The zero-order chi connectivity index (χ0) is 25.5. The quantitative estimate of drug-likeness (QED) is 0.261. The number of benzene rings is 3. The summed E-state index contributed by atoms with van der Waals surface area (Å²) in [5.41, 5.74) is 0.773. The first-order valence-corrected chi connectivity index (χ1v) is 11.6. The lowest BCUT2D eigenvalue weighted by Gasteiger charge is -2.36. The Hall–Kier alpha value is -3.32. The highest BCUT2D eigenvalue weighted by molar-refractivity contribution is 6.03. The second-order valence-corrected chi connectivity index (χ2v) is 9.27. The molecule has 3 aromatic carbocycles. The monoisotopic (exact) mass is 476 g/mol. The molecule has 2 unspecified atom stereocenters. The molecule has 0 bridgehead atoms. The number of carbonyl (C=O) groups excluding carboxylic acids is 2. The molecule has 6 nitrogen and oxygen atoms in total. The van der Waals surface area contributed by atoms with Crippen LogP contribution in [0.3, 0.4) is 0 Å². The Balaban J connectivity index is 1.86. The zero-order valence-corrected chi connectivity index (χ0v) is 20.3. The second kappa shape index (κ2) is 11.4. The number of aliphatic hydroxyl groups excluding tert-OH is 2. The van der Waals surface area contributed by atoms with Gasteiger partial charge in [0, 0.05) is 6.42 Å². The molecule has 0 saturated heterocycles. The molecule has 0 aliphatic rings. The molecule has 2 atom stereocenters. The van der Waals surface area contributed by atoms with Crippen molar-refractivity contribution in [3.05, 3.63) is 108 Å². The van der Waals surface area contributed by atoms with Crippen LogP contribution in [0.4, 0.5) is 0 Å². The minimum absolute atomic E-state index is 0.0212.